The van der Waals surface area contributed by atoms with Gasteiger partial charge in [-0.3, -0.25) is 19.3 Å². The van der Waals surface area contributed by atoms with Gasteiger partial charge < -0.3 is 15.4 Å². The van der Waals surface area contributed by atoms with E-state index in [2.05, 4.69) is 10.6 Å². The highest BCUT2D eigenvalue weighted by Crippen LogP contribution is 2.19. The lowest BCUT2D eigenvalue weighted by Crippen LogP contribution is -2.41. The van der Waals surface area contributed by atoms with Crippen molar-refractivity contribution < 1.29 is 28.3 Å². The van der Waals surface area contributed by atoms with Crippen molar-refractivity contribution in [3.8, 4) is 0 Å². The average Bonchev–Trinajstić information content (AvgIpc) is 2.70. The molecule has 1 aromatic rings. The Hall–Kier alpha value is -2.68. The standard InChI is InChI=1S/C15H15ClFN3O5/c1-15(2)13(23)20(14(24)19-15)6-12(22)25-7-11(21)18-10-4-3-8(16)5-9(10)17/h3-5H,6-7H2,1-2H3,(H,18,21)(H,19,24). The van der Waals surface area contributed by atoms with Crippen molar-refractivity contribution in [3.63, 3.8) is 0 Å². The molecule has 134 valence electrons. The molecule has 2 rings (SSSR count). The Morgan fingerprint density at radius 1 is 1.36 bits per heavy atom. The SMILES string of the molecule is CC1(C)NC(=O)N(CC(=O)OCC(=O)Nc2ccc(Cl)cc2F)C1=O. The van der Waals surface area contributed by atoms with Gasteiger partial charge in [0.1, 0.15) is 17.9 Å². The minimum absolute atomic E-state index is 0.124. The second kappa shape index (κ2) is 7.06. The number of urea groups is 1. The summed E-state index contributed by atoms with van der Waals surface area (Å²) in [5.74, 6) is -3.06. The molecule has 0 atom stereocenters. The topological polar surface area (TPSA) is 105 Å². The van der Waals surface area contributed by atoms with E-state index in [1.165, 1.54) is 26.0 Å². The number of carbonyl (C=O) groups excluding carboxylic acids is 4. The van der Waals surface area contributed by atoms with Crippen molar-refractivity contribution in [2.45, 2.75) is 19.4 Å². The molecule has 0 aromatic heterocycles. The summed E-state index contributed by atoms with van der Waals surface area (Å²) < 4.78 is 18.2. The highest BCUT2D eigenvalue weighted by Gasteiger charge is 2.45. The smallest absolute Gasteiger partial charge is 0.326 e. The number of imide groups is 1. The highest BCUT2D eigenvalue weighted by molar-refractivity contribution is 6.30. The van der Waals surface area contributed by atoms with E-state index < -0.39 is 48.3 Å². The van der Waals surface area contributed by atoms with Crippen LogP contribution in [0.2, 0.25) is 5.02 Å². The van der Waals surface area contributed by atoms with Gasteiger partial charge in [-0.15, -0.1) is 0 Å². The maximum absolute atomic E-state index is 13.5. The Kier molecular flexibility index (Phi) is 5.27. The molecule has 1 fully saturated rings. The number of ether oxygens (including phenoxy) is 1. The zero-order valence-corrected chi connectivity index (χ0v) is 14.1. The minimum atomic E-state index is -1.11. The van der Waals surface area contributed by atoms with Crippen LogP contribution < -0.4 is 10.6 Å². The van der Waals surface area contributed by atoms with Crippen LogP contribution in [-0.4, -0.2) is 47.4 Å². The van der Waals surface area contributed by atoms with Crippen molar-refractivity contribution in [3.05, 3.63) is 29.0 Å². The van der Waals surface area contributed by atoms with E-state index in [9.17, 15) is 23.6 Å². The van der Waals surface area contributed by atoms with Crippen LogP contribution in [0.15, 0.2) is 18.2 Å². The van der Waals surface area contributed by atoms with Gasteiger partial charge in [0, 0.05) is 5.02 Å². The van der Waals surface area contributed by atoms with Crippen LogP contribution in [0.3, 0.4) is 0 Å². The number of hydrogen-bond acceptors (Lipinski definition) is 5. The Labute approximate surface area is 147 Å². The van der Waals surface area contributed by atoms with Gasteiger partial charge in [-0.25, -0.2) is 9.18 Å². The summed E-state index contributed by atoms with van der Waals surface area (Å²) in [6.07, 6.45) is 0. The third-order valence-corrected chi connectivity index (χ3v) is 3.54. The molecule has 0 aliphatic carbocycles. The van der Waals surface area contributed by atoms with Crippen molar-refractivity contribution in [1.82, 2.24) is 10.2 Å². The fourth-order valence-corrected chi connectivity index (χ4v) is 2.22. The Bertz CT molecular complexity index is 753. The summed E-state index contributed by atoms with van der Waals surface area (Å²) in [5, 5.41) is 4.78. The fraction of sp³-hybridized carbons (Fsp3) is 0.333. The second-order valence-corrected chi connectivity index (χ2v) is 6.22. The maximum Gasteiger partial charge on any atom is 0.326 e. The van der Waals surface area contributed by atoms with E-state index in [0.717, 1.165) is 6.07 Å². The number of rotatable bonds is 5. The van der Waals surface area contributed by atoms with Gasteiger partial charge in [-0.1, -0.05) is 11.6 Å². The van der Waals surface area contributed by atoms with Gasteiger partial charge in [0.15, 0.2) is 6.61 Å². The number of halogens is 2. The predicted molar refractivity (Wildman–Crippen MR) is 85.3 cm³/mol. The van der Waals surface area contributed by atoms with Gasteiger partial charge in [-0.05, 0) is 32.0 Å². The maximum atomic E-state index is 13.5. The van der Waals surface area contributed by atoms with Crippen LogP contribution >= 0.6 is 11.6 Å². The molecule has 0 bridgehead atoms. The first kappa shape index (κ1) is 18.7. The molecule has 0 unspecified atom stereocenters. The van der Waals surface area contributed by atoms with Crippen molar-refractivity contribution >= 4 is 41.1 Å². The van der Waals surface area contributed by atoms with E-state index in [1.54, 1.807) is 0 Å². The third-order valence-electron chi connectivity index (χ3n) is 3.30. The molecule has 25 heavy (non-hydrogen) atoms. The summed E-state index contributed by atoms with van der Waals surface area (Å²) in [6, 6.07) is 2.93. The van der Waals surface area contributed by atoms with E-state index in [0.29, 0.717) is 4.90 Å². The van der Waals surface area contributed by atoms with Crippen molar-refractivity contribution in [2.75, 3.05) is 18.5 Å². The van der Waals surface area contributed by atoms with Gasteiger partial charge >= 0.3 is 12.0 Å². The molecule has 1 aliphatic rings. The monoisotopic (exact) mass is 371 g/mol. The molecule has 4 amide bonds. The van der Waals surface area contributed by atoms with Gasteiger partial charge in [0.25, 0.3) is 11.8 Å². The van der Waals surface area contributed by atoms with Crippen LogP contribution in [-0.2, 0) is 19.1 Å². The van der Waals surface area contributed by atoms with Gasteiger partial charge in [-0.2, -0.15) is 0 Å². The summed E-state index contributed by atoms with van der Waals surface area (Å²) in [5.41, 5.74) is -1.23. The Morgan fingerprint density at radius 3 is 2.60 bits per heavy atom. The number of nitrogens with one attached hydrogen (secondary N) is 2. The number of benzene rings is 1. The lowest BCUT2D eigenvalue weighted by molar-refractivity contribution is -0.150. The number of hydrogen-bond donors (Lipinski definition) is 2. The lowest BCUT2D eigenvalue weighted by Gasteiger charge is -2.15. The zero-order valence-electron chi connectivity index (χ0n) is 13.4. The quantitative estimate of drug-likeness (QED) is 0.599. The van der Waals surface area contributed by atoms with Gasteiger partial charge in [0.05, 0.1) is 5.69 Å². The number of anilines is 1. The first-order valence-corrected chi connectivity index (χ1v) is 7.52. The predicted octanol–water partition coefficient (Wildman–Crippen LogP) is 1.29. The molecule has 10 heteroatoms. The molecule has 1 aromatic carbocycles. The summed E-state index contributed by atoms with van der Waals surface area (Å²) in [7, 11) is 0. The first-order chi connectivity index (χ1) is 11.6. The Balaban J connectivity index is 1.85. The summed E-state index contributed by atoms with van der Waals surface area (Å²) >= 11 is 5.59. The van der Waals surface area contributed by atoms with E-state index in [-0.39, 0.29) is 10.7 Å². The highest BCUT2D eigenvalue weighted by atomic mass is 35.5. The molecule has 1 saturated heterocycles. The van der Waals surface area contributed by atoms with Crippen molar-refractivity contribution in [1.29, 1.82) is 0 Å². The lowest BCUT2D eigenvalue weighted by atomic mass is 10.1. The molecule has 0 spiro atoms. The summed E-state index contributed by atoms with van der Waals surface area (Å²) in [4.78, 5) is 47.6. The number of amides is 4. The van der Waals surface area contributed by atoms with E-state index >= 15 is 0 Å². The number of nitrogens with zero attached hydrogens (tertiary/aromatic N) is 1. The number of carbonyl (C=O) groups is 4. The molecule has 0 saturated carbocycles. The van der Waals surface area contributed by atoms with Crippen LogP contribution in [0.1, 0.15) is 13.8 Å². The van der Waals surface area contributed by atoms with E-state index in [4.69, 9.17) is 16.3 Å². The molecule has 2 N–H and O–H groups in total. The number of esters is 1. The largest absolute Gasteiger partial charge is 0.454 e. The first-order valence-electron chi connectivity index (χ1n) is 7.15. The molecular formula is C15H15ClFN3O5. The molecule has 1 aliphatic heterocycles. The average molecular weight is 372 g/mol. The molecular weight excluding hydrogens is 357 g/mol. The summed E-state index contributed by atoms with van der Waals surface area (Å²) in [6.45, 7) is 1.66. The fourth-order valence-electron chi connectivity index (χ4n) is 2.06. The minimum Gasteiger partial charge on any atom is -0.454 e. The van der Waals surface area contributed by atoms with Crippen LogP contribution in [0.5, 0.6) is 0 Å². The molecule has 1 heterocycles. The van der Waals surface area contributed by atoms with E-state index in [1.807, 2.05) is 0 Å². The molecule has 0 radical (unpaired) electrons. The van der Waals surface area contributed by atoms with Gasteiger partial charge in [0.2, 0.25) is 0 Å². The van der Waals surface area contributed by atoms with Crippen LogP contribution in [0, 0.1) is 5.82 Å². The van der Waals surface area contributed by atoms with Crippen LogP contribution in [0.4, 0.5) is 14.9 Å². The zero-order chi connectivity index (χ0) is 18.8. The second-order valence-electron chi connectivity index (χ2n) is 5.78. The normalized spacial score (nSPS) is 15.8. The van der Waals surface area contributed by atoms with Crippen LogP contribution in [0.25, 0.3) is 0 Å². The van der Waals surface area contributed by atoms with Crippen molar-refractivity contribution in [2.24, 2.45) is 0 Å². The Morgan fingerprint density at radius 2 is 2.04 bits per heavy atom. The molecule has 8 nitrogen and oxygen atoms in total. The third kappa shape index (κ3) is 4.44.